The fraction of sp³-hybridized carbons (Fsp3) is 0.0800. The van der Waals surface area contributed by atoms with E-state index >= 15 is 0 Å². The average molecular weight is 414 g/mol. The van der Waals surface area contributed by atoms with E-state index in [-0.39, 0.29) is 11.5 Å². The number of nitrogens with one attached hydrogen (secondary N) is 2. The largest absolute Gasteiger partial charge is 0.361 e. The first kappa shape index (κ1) is 18.5. The summed E-state index contributed by atoms with van der Waals surface area (Å²) in [5.74, 6) is -0.230. The summed E-state index contributed by atoms with van der Waals surface area (Å²) in [5.41, 5.74) is 5.45. The number of para-hydroxylation sites is 2. The molecule has 0 fully saturated rings. The van der Waals surface area contributed by atoms with Crippen molar-refractivity contribution >= 4 is 22.5 Å². The molecular formula is C25H20ClN3O. The van der Waals surface area contributed by atoms with Crippen LogP contribution in [-0.2, 0) is 0 Å². The highest BCUT2D eigenvalue weighted by atomic mass is 35.5. The zero-order valence-corrected chi connectivity index (χ0v) is 17.1. The van der Waals surface area contributed by atoms with Crippen molar-refractivity contribution in [2.75, 3.05) is 0 Å². The summed E-state index contributed by atoms with van der Waals surface area (Å²) in [6.45, 7) is 1.95. The van der Waals surface area contributed by atoms with Gasteiger partial charge in [-0.15, -0.1) is 0 Å². The Balaban J connectivity index is 1.77. The molecule has 0 bridgehead atoms. The number of aromatic nitrogens is 3. The molecule has 5 rings (SSSR count). The topological polar surface area (TPSA) is 53.6 Å². The summed E-state index contributed by atoms with van der Waals surface area (Å²) < 4.78 is 1.61. The fourth-order valence-corrected chi connectivity index (χ4v) is 4.27. The maximum Gasteiger partial charge on any atom is 0.275 e. The summed E-state index contributed by atoms with van der Waals surface area (Å²) in [6, 6.07) is 25.5. The molecule has 0 radical (unpaired) electrons. The van der Waals surface area contributed by atoms with Crippen molar-refractivity contribution in [3.63, 3.8) is 0 Å². The lowest BCUT2D eigenvalue weighted by Gasteiger charge is -2.16. The van der Waals surface area contributed by atoms with Gasteiger partial charge in [-0.05, 0) is 48.4 Å². The number of H-pyrrole nitrogens is 2. The maximum absolute atomic E-state index is 13.6. The van der Waals surface area contributed by atoms with E-state index in [0.29, 0.717) is 5.02 Å². The van der Waals surface area contributed by atoms with Crippen molar-refractivity contribution in [3.8, 4) is 5.69 Å². The molecule has 148 valence electrons. The Bertz CT molecular complexity index is 1380. The number of aromatic amines is 2. The molecule has 3 aromatic carbocycles. The van der Waals surface area contributed by atoms with Crippen molar-refractivity contribution in [1.29, 1.82) is 0 Å². The summed E-state index contributed by atoms with van der Waals surface area (Å²) in [6.07, 6.45) is 2.00. The van der Waals surface area contributed by atoms with Gasteiger partial charge in [-0.3, -0.25) is 9.89 Å². The molecule has 1 unspecified atom stereocenters. The summed E-state index contributed by atoms with van der Waals surface area (Å²) in [4.78, 5) is 17.0. The van der Waals surface area contributed by atoms with Crippen molar-refractivity contribution in [1.82, 2.24) is 14.8 Å². The second-order valence-corrected chi connectivity index (χ2v) is 7.84. The standard InChI is InChI=1S/C25H20ClN3O/c1-16-23(25(30)29(28-16)19-7-3-2-4-8-19)24(17-11-13-18(26)14-12-17)21-15-27-22-10-6-5-9-20(21)22/h2-15,24,27-28H,1H3. The number of fused-ring (bicyclic) bond motifs is 1. The number of halogens is 1. The number of aryl methyl sites for hydroxylation is 1. The first-order chi connectivity index (χ1) is 14.6. The highest BCUT2D eigenvalue weighted by Gasteiger charge is 2.27. The first-order valence-corrected chi connectivity index (χ1v) is 10.2. The Kier molecular flexibility index (Phi) is 4.57. The van der Waals surface area contributed by atoms with Crippen LogP contribution in [0.5, 0.6) is 0 Å². The van der Waals surface area contributed by atoms with Gasteiger partial charge in [0, 0.05) is 33.7 Å². The van der Waals surface area contributed by atoms with E-state index in [2.05, 4.69) is 16.1 Å². The second-order valence-electron chi connectivity index (χ2n) is 7.40. The van der Waals surface area contributed by atoms with Crippen molar-refractivity contribution in [3.05, 3.63) is 123 Å². The molecule has 0 saturated carbocycles. The molecule has 2 aromatic heterocycles. The summed E-state index contributed by atoms with van der Waals surface area (Å²) >= 11 is 6.15. The van der Waals surface area contributed by atoms with E-state index in [1.54, 1.807) is 4.68 Å². The molecule has 0 aliphatic carbocycles. The van der Waals surface area contributed by atoms with Crippen LogP contribution in [0.4, 0.5) is 0 Å². The number of rotatable bonds is 4. The second kappa shape index (κ2) is 7.39. The van der Waals surface area contributed by atoms with Gasteiger partial charge in [0.2, 0.25) is 0 Å². The number of hydrogen-bond acceptors (Lipinski definition) is 1. The molecule has 0 amide bonds. The summed E-state index contributed by atoms with van der Waals surface area (Å²) in [5, 5.41) is 5.04. The molecule has 5 heteroatoms. The van der Waals surface area contributed by atoms with Crippen LogP contribution in [0.1, 0.15) is 28.3 Å². The molecule has 4 nitrogen and oxygen atoms in total. The van der Waals surface area contributed by atoms with Crippen molar-refractivity contribution in [2.24, 2.45) is 0 Å². The number of nitrogens with zero attached hydrogens (tertiary/aromatic N) is 1. The summed E-state index contributed by atoms with van der Waals surface area (Å²) in [7, 11) is 0. The van der Waals surface area contributed by atoms with Gasteiger partial charge in [-0.1, -0.05) is 60.1 Å². The minimum atomic E-state index is -0.230. The first-order valence-electron chi connectivity index (χ1n) is 9.82. The van der Waals surface area contributed by atoms with E-state index in [9.17, 15) is 4.79 Å². The minimum Gasteiger partial charge on any atom is -0.361 e. The Hall–Kier alpha value is -3.50. The lowest BCUT2D eigenvalue weighted by molar-refractivity contribution is 0.833. The smallest absolute Gasteiger partial charge is 0.275 e. The van der Waals surface area contributed by atoms with Crippen LogP contribution in [0.3, 0.4) is 0 Å². The normalized spacial score (nSPS) is 12.3. The van der Waals surface area contributed by atoms with Crippen LogP contribution in [0.15, 0.2) is 89.9 Å². The van der Waals surface area contributed by atoms with Crippen LogP contribution in [0, 0.1) is 6.92 Å². The lowest BCUT2D eigenvalue weighted by atomic mass is 9.85. The SMILES string of the molecule is Cc1[nH]n(-c2ccccc2)c(=O)c1C(c1ccc(Cl)cc1)c1c[nH]c2ccccc12. The van der Waals surface area contributed by atoms with Gasteiger partial charge >= 0.3 is 0 Å². The van der Waals surface area contributed by atoms with Gasteiger partial charge in [0.25, 0.3) is 5.56 Å². The third kappa shape index (κ3) is 3.06. The molecule has 30 heavy (non-hydrogen) atoms. The van der Waals surface area contributed by atoms with Crippen molar-refractivity contribution < 1.29 is 0 Å². The number of hydrogen-bond donors (Lipinski definition) is 2. The van der Waals surface area contributed by atoms with Gasteiger partial charge in [-0.25, -0.2) is 4.68 Å². The average Bonchev–Trinajstić information content (AvgIpc) is 3.32. The highest BCUT2D eigenvalue weighted by Crippen LogP contribution is 2.36. The molecule has 2 N–H and O–H groups in total. The molecule has 1 atom stereocenters. The molecule has 0 spiro atoms. The zero-order valence-electron chi connectivity index (χ0n) is 16.4. The van der Waals surface area contributed by atoms with E-state index in [1.165, 1.54) is 0 Å². The van der Waals surface area contributed by atoms with Gasteiger partial charge in [0.1, 0.15) is 0 Å². The van der Waals surface area contributed by atoms with E-state index < -0.39 is 0 Å². The highest BCUT2D eigenvalue weighted by molar-refractivity contribution is 6.30. The fourth-order valence-electron chi connectivity index (χ4n) is 4.15. The van der Waals surface area contributed by atoms with Crippen LogP contribution in [-0.4, -0.2) is 14.8 Å². The van der Waals surface area contributed by atoms with E-state index in [4.69, 9.17) is 11.6 Å². The van der Waals surface area contributed by atoms with Gasteiger partial charge in [0.05, 0.1) is 11.3 Å². The minimum absolute atomic E-state index is 0.0519. The maximum atomic E-state index is 13.6. The third-order valence-electron chi connectivity index (χ3n) is 5.56. The Morgan fingerprint density at radius 2 is 1.60 bits per heavy atom. The predicted molar refractivity (Wildman–Crippen MR) is 122 cm³/mol. The van der Waals surface area contributed by atoms with E-state index in [1.807, 2.05) is 85.9 Å². The van der Waals surface area contributed by atoms with E-state index in [0.717, 1.165) is 39.0 Å². The lowest BCUT2D eigenvalue weighted by Crippen LogP contribution is -2.20. The Morgan fingerprint density at radius 1 is 0.900 bits per heavy atom. The number of benzene rings is 3. The van der Waals surface area contributed by atoms with Crippen molar-refractivity contribution in [2.45, 2.75) is 12.8 Å². The molecule has 0 saturated heterocycles. The van der Waals surface area contributed by atoms with Crippen LogP contribution >= 0.6 is 11.6 Å². The predicted octanol–water partition coefficient (Wildman–Crippen LogP) is 5.79. The van der Waals surface area contributed by atoms with Crippen LogP contribution < -0.4 is 5.56 Å². The van der Waals surface area contributed by atoms with Gasteiger partial charge < -0.3 is 4.98 Å². The third-order valence-corrected chi connectivity index (χ3v) is 5.81. The Labute approximate surface area is 178 Å². The molecule has 0 aliphatic rings. The Morgan fingerprint density at radius 3 is 2.37 bits per heavy atom. The van der Waals surface area contributed by atoms with Crippen LogP contribution in [0.25, 0.3) is 16.6 Å². The van der Waals surface area contributed by atoms with Gasteiger partial charge in [0.15, 0.2) is 0 Å². The molecule has 2 heterocycles. The monoisotopic (exact) mass is 413 g/mol. The molecule has 0 aliphatic heterocycles. The molecular weight excluding hydrogens is 394 g/mol. The zero-order chi connectivity index (χ0) is 20.7. The quantitative estimate of drug-likeness (QED) is 0.385. The van der Waals surface area contributed by atoms with Crippen LogP contribution in [0.2, 0.25) is 5.02 Å². The molecule has 5 aromatic rings. The van der Waals surface area contributed by atoms with Gasteiger partial charge in [-0.2, -0.15) is 0 Å².